The molecule has 0 aliphatic carbocycles. The van der Waals surface area contributed by atoms with E-state index in [1.54, 1.807) is 0 Å². The second kappa shape index (κ2) is 7.72. The molecule has 1 saturated heterocycles. The fraction of sp³-hybridized carbons (Fsp3) is 0.435. The summed E-state index contributed by atoms with van der Waals surface area (Å²) < 4.78 is 0. The van der Waals surface area contributed by atoms with Gasteiger partial charge in [-0.2, -0.15) is 0 Å². The summed E-state index contributed by atoms with van der Waals surface area (Å²) >= 11 is 1.46. The van der Waals surface area contributed by atoms with Crippen molar-refractivity contribution in [1.82, 2.24) is 9.88 Å². The molecule has 2 N–H and O–H groups in total. The van der Waals surface area contributed by atoms with Gasteiger partial charge in [0, 0.05) is 29.3 Å². The Labute approximate surface area is 170 Å². The van der Waals surface area contributed by atoms with Crippen LogP contribution in [0, 0.1) is 5.41 Å². The first-order valence-electron chi connectivity index (χ1n) is 10.1. The number of aromatic amines is 1. The Morgan fingerprint density at radius 1 is 1.25 bits per heavy atom. The van der Waals surface area contributed by atoms with Crippen LogP contribution in [-0.2, 0) is 0 Å². The lowest BCUT2D eigenvalue weighted by atomic mass is 9.87. The smallest absolute Gasteiger partial charge is 0.265 e. The van der Waals surface area contributed by atoms with Crippen LogP contribution in [-0.4, -0.2) is 35.4 Å². The zero-order valence-corrected chi connectivity index (χ0v) is 17.7. The number of hydrogen-bond acceptors (Lipinski definition) is 3. The maximum absolute atomic E-state index is 12.4. The van der Waals surface area contributed by atoms with Gasteiger partial charge in [0.25, 0.3) is 5.91 Å². The normalized spacial score (nSPS) is 16.5. The summed E-state index contributed by atoms with van der Waals surface area (Å²) in [6.45, 7) is 10.4. The lowest BCUT2D eigenvalue weighted by Crippen LogP contribution is -2.38. The van der Waals surface area contributed by atoms with E-state index in [1.165, 1.54) is 35.1 Å². The summed E-state index contributed by atoms with van der Waals surface area (Å²) in [7, 11) is 0. The van der Waals surface area contributed by atoms with Crippen molar-refractivity contribution in [3.63, 3.8) is 0 Å². The first-order chi connectivity index (χ1) is 13.4. The van der Waals surface area contributed by atoms with Crippen molar-refractivity contribution in [2.75, 3.05) is 25.0 Å². The van der Waals surface area contributed by atoms with Crippen LogP contribution in [0.5, 0.6) is 0 Å². The number of hydrogen-bond donors (Lipinski definition) is 2. The average molecular weight is 396 g/mol. The van der Waals surface area contributed by atoms with Gasteiger partial charge in [0.15, 0.2) is 0 Å². The topological polar surface area (TPSA) is 48.1 Å². The molecule has 4 rings (SSSR count). The molecular formula is C23H29N3OS. The number of rotatable bonds is 4. The molecule has 0 spiro atoms. The molecular weight excluding hydrogens is 366 g/mol. The first-order valence-corrected chi connectivity index (χ1v) is 11.0. The third kappa shape index (κ3) is 4.31. The lowest BCUT2D eigenvalue weighted by molar-refractivity contribution is 0.103. The SMILES string of the molecule is CC(C)(C)CN1CCC(c2c[nH]c3ccc(NC(=O)c4cccs4)cc23)CC1. The predicted molar refractivity (Wildman–Crippen MR) is 118 cm³/mol. The predicted octanol–water partition coefficient (Wildman–Crippen LogP) is 5.71. The second-order valence-electron chi connectivity index (χ2n) is 9.05. The minimum absolute atomic E-state index is 0.0399. The molecule has 1 fully saturated rings. The Hall–Kier alpha value is -2.11. The Morgan fingerprint density at radius 2 is 2.04 bits per heavy atom. The summed E-state index contributed by atoms with van der Waals surface area (Å²) in [6.07, 6.45) is 4.54. The number of thiophene rings is 1. The quantitative estimate of drug-likeness (QED) is 0.595. The molecule has 0 atom stereocenters. The Kier molecular flexibility index (Phi) is 5.30. The molecule has 3 heterocycles. The average Bonchev–Trinajstić information content (AvgIpc) is 3.31. The standard InChI is InChI=1S/C23H29N3OS/c1-23(2,3)15-26-10-8-16(9-11-26)19-14-24-20-7-6-17(13-18(19)20)25-22(27)21-5-4-12-28-21/h4-7,12-14,16,24H,8-11,15H2,1-3H3,(H,25,27). The largest absolute Gasteiger partial charge is 0.361 e. The number of benzene rings is 1. The number of aromatic nitrogens is 1. The lowest BCUT2D eigenvalue weighted by Gasteiger charge is -2.36. The number of piperidine rings is 1. The molecule has 0 unspecified atom stereocenters. The van der Waals surface area contributed by atoms with Crippen molar-refractivity contribution in [3.05, 3.63) is 52.3 Å². The van der Waals surface area contributed by atoms with Gasteiger partial charge in [-0.1, -0.05) is 26.8 Å². The minimum Gasteiger partial charge on any atom is -0.361 e. The number of nitrogens with zero attached hydrogens (tertiary/aromatic N) is 1. The number of likely N-dealkylation sites (tertiary alicyclic amines) is 1. The van der Waals surface area contributed by atoms with E-state index in [9.17, 15) is 4.79 Å². The van der Waals surface area contributed by atoms with Gasteiger partial charge >= 0.3 is 0 Å². The Morgan fingerprint density at radius 3 is 2.71 bits per heavy atom. The molecule has 3 aromatic rings. The van der Waals surface area contributed by atoms with Crippen LogP contribution < -0.4 is 5.32 Å². The summed E-state index contributed by atoms with van der Waals surface area (Å²) in [5.41, 5.74) is 3.74. The fourth-order valence-corrected chi connectivity index (χ4v) is 4.85. The maximum Gasteiger partial charge on any atom is 0.265 e. The van der Waals surface area contributed by atoms with E-state index < -0.39 is 0 Å². The monoisotopic (exact) mass is 395 g/mol. The van der Waals surface area contributed by atoms with E-state index in [2.05, 4.69) is 54.3 Å². The number of carbonyl (C=O) groups is 1. The second-order valence-corrected chi connectivity index (χ2v) is 9.99. The third-order valence-corrected chi connectivity index (χ3v) is 6.31. The van der Waals surface area contributed by atoms with Crippen LogP contribution in [0.25, 0.3) is 10.9 Å². The number of carbonyl (C=O) groups excluding carboxylic acids is 1. The summed E-state index contributed by atoms with van der Waals surface area (Å²) in [5, 5.41) is 6.20. The van der Waals surface area contributed by atoms with Crippen LogP contribution in [0.1, 0.15) is 54.8 Å². The van der Waals surface area contributed by atoms with E-state index in [4.69, 9.17) is 0 Å². The van der Waals surface area contributed by atoms with Gasteiger partial charge in [-0.3, -0.25) is 4.79 Å². The molecule has 0 bridgehead atoms. The van der Waals surface area contributed by atoms with Crippen molar-refractivity contribution in [2.24, 2.45) is 5.41 Å². The highest BCUT2D eigenvalue weighted by Crippen LogP contribution is 2.35. The fourth-order valence-electron chi connectivity index (χ4n) is 4.23. The van der Waals surface area contributed by atoms with Crippen molar-refractivity contribution in [1.29, 1.82) is 0 Å². The Bertz CT molecular complexity index is 944. The van der Waals surface area contributed by atoms with E-state index in [1.807, 2.05) is 23.6 Å². The Balaban J connectivity index is 1.49. The third-order valence-electron chi connectivity index (χ3n) is 5.44. The number of amides is 1. The van der Waals surface area contributed by atoms with Crippen molar-refractivity contribution < 1.29 is 4.79 Å². The minimum atomic E-state index is -0.0399. The molecule has 0 saturated carbocycles. The number of fused-ring (bicyclic) bond motifs is 1. The van der Waals surface area contributed by atoms with Gasteiger partial charge in [0.2, 0.25) is 0 Å². The highest BCUT2D eigenvalue weighted by Gasteiger charge is 2.25. The number of H-pyrrole nitrogens is 1. The van der Waals surface area contributed by atoms with Gasteiger partial charge in [-0.15, -0.1) is 11.3 Å². The highest BCUT2D eigenvalue weighted by molar-refractivity contribution is 7.12. The first kappa shape index (κ1) is 19.2. The van der Waals surface area contributed by atoms with Crippen molar-refractivity contribution >= 4 is 33.8 Å². The van der Waals surface area contributed by atoms with E-state index >= 15 is 0 Å². The van der Waals surface area contributed by atoms with Crippen LogP contribution in [0.2, 0.25) is 0 Å². The van der Waals surface area contributed by atoms with Crippen LogP contribution in [0.4, 0.5) is 5.69 Å². The molecule has 2 aromatic heterocycles. The molecule has 1 aliphatic rings. The molecule has 28 heavy (non-hydrogen) atoms. The van der Waals surface area contributed by atoms with Gasteiger partial charge in [0.1, 0.15) is 0 Å². The van der Waals surface area contributed by atoms with E-state index in [0.717, 1.165) is 35.7 Å². The maximum atomic E-state index is 12.4. The zero-order valence-electron chi connectivity index (χ0n) is 16.9. The zero-order chi connectivity index (χ0) is 19.7. The van der Waals surface area contributed by atoms with Gasteiger partial charge in [-0.25, -0.2) is 0 Å². The number of anilines is 1. The molecule has 0 radical (unpaired) electrons. The molecule has 148 valence electrons. The summed E-state index contributed by atoms with van der Waals surface area (Å²) in [4.78, 5) is 19.1. The molecule has 1 aliphatic heterocycles. The summed E-state index contributed by atoms with van der Waals surface area (Å²) in [6, 6.07) is 9.91. The van der Waals surface area contributed by atoms with Crippen molar-refractivity contribution in [2.45, 2.75) is 39.5 Å². The van der Waals surface area contributed by atoms with Gasteiger partial charge < -0.3 is 15.2 Å². The molecule has 1 aromatic carbocycles. The molecule has 4 nitrogen and oxygen atoms in total. The van der Waals surface area contributed by atoms with Gasteiger partial charge in [-0.05, 0) is 72.5 Å². The highest BCUT2D eigenvalue weighted by atomic mass is 32.1. The van der Waals surface area contributed by atoms with E-state index in [-0.39, 0.29) is 5.91 Å². The van der Waals surface area contributed by atoms with Crippen LogP contribution in [0.15, 0.2) is 41.9 Å². The van der Waals surface area contributed by atoms with E-state index in [0.29, 0.717) is 11.3 Å². The summed E-state index contributed by atoms with van der Waals surface area (Å²) in [5.74, 6) is 0.537. The van der Waals surface area contributed by atoms with Crippen molar-refractivity contribution in [3.8, 4) is 0 Å². The number of nitrogens with one attached hydrogen (secondary N) is 2. The molecule has 1 amide bonds. The van der Waals surface area contributed by atoms with Crippen LogP contribution >= 0.6 is 11.3 Å². The van der Waals surface area contributed by atoms with Crippen LogP contribution in [0.3, 0.4) is 0 Å². The molecule has 5 heteroatoms. The van der Waals surface area contributed by atoms with Gasteiger partial charge in [0.05, 0.1) is 4.88 Å².